The average molecular weight is 435 g/mol. The molecule has 0 saturated carbocycles. The van der Waals surface area contributed by atoms with Crippen LogP contribution in [0, 0.1) is 0 Å². The number of carbonyl (C=O) groups is 1. The molecule has 1 aliphatic heterocycles. The van der Waals surface area contributed by atoms with Crippen molar-refractivity contribution >= 4 is 6.03 Å². The molecule has 0 bridgehead atoms. The summed E-state index contributed by atoms with van der Waals surface area (Å²) >= 11 is 0. The molecular weight excluding hydrogens is 404 g/mol. The molecule has 2 amide bonds. The van der Waals surface area contributed by atoms with Gasteiger partial charge in [0.15, 0.2) is 17.6 Å². The molecule has 0 unspecified atom stereocenters. The van der Waals surface area contributed by atoms with Crippen molar-refractivity contribution in [2.75, 3.05) is 26.7 Å². The molecule has 4 rings (SSSR count). The van der Waals surface area contributed by atoms with Crippen LogP contribution in [0.2, 0.25) is 0 Å². The van der Waals surface area contributed by atoms with Crippen LogP contribution in [-0.4, -0.2) is 54.0 Å². The molecule has 0 spiro atoms. The van der Waals surface area contributed by atoms with Crippen LogP contribution in [0.3, 0.4) is 0 Å². The number of nitrogens with one attached hydrogen (secondary N) is 2. The second-order valence-electron chi connectivity index (χ2n) is 8.06. The Morgan fingerprint density at radius 3 is 2.72 bits per heavy atom. The van der Waals surface area contributed by atoms with Gasteiger partial charge >= 0.3 is 6.03 Å². The van der Waals surface area contributed by atoms with Gasteiger partial charge in [0, 0.05) is 24.8 Å². The molecule has 7 nitrogen and oxygen atoms in total. The lowest BCUT2D eigenvalue weighted by Crippen LogP contribution is -2.45. The summed E-state index contributed by atoms with van der Waals surface area (Å²) in [6.07, 6.45) is 3.83. The minimum atomic E-state index is -0.183. The summed E-state index contributed by atoms with van der Waals surface area (Å²) in [6, 6.07) is 19.8. The smallest absolute Gasteiger partial charge is 0.317 e. The third-order valence-corrected chi connectivity index (χ3v) is 5.54. The number of ether oxygens (including phenoxy) is 2. The molecule has 1 aliphatic rings. The highest BCUT2D eigenvalue weighted by Gasteiger charge is 2.21. The standard InChI is InChI=1S/C25H30N4O3/c1-29(25(30)26-17-21-18-31-23-13-7-8-14-24(23)32-21)15-9-3-6-12-20-16-22(28-27-20)19-10-4-2-5-11-19/h2,4-5,7-8,10-11,13-14,16,21H,3,6,9,12,15,17-18H2,1H3,(H,26,30)(H,27,28)/t21-/m0/s1. The molecule has 2 N–H and O–H groups in total. The third-order valence-electron chi connectivity index (χ3n) is 5.54. The summed E-state index contributed by atoms with van der Waals surface area (Å²) in [5.74, 6) is 1.47. The Bertz CT molecular complexity index is 1010. The van der Waals surface area contributed by atoms with Crippen molar-refractivity contribution in [2.45, 2.75) is 31.8 Å². The number of aryl methyl sites for hydroxylation is 1. The van der Waals surface area contributed by atoms with Crippen LogP contribution in [0.15, 0.2) is 60.7 Å². The van der Waals surface area contributed by atoms with Crippen molar-refractivity contribution in [3.05, 3.63) is 66.4 Å². The van der Waals surface area contributed by atoms with Crippen molar-refractivity contribution in [1.82, 2.24) is 20.4 Å². The number of carbonyl (C=O) groups excluding carboxylic acids is 1. The predicted molar refractivity (Wildman–Crippen MR) is 124 cm³/mol. The summed E-state index contributed by atoms with van der Waals surface area (Å²) < 4.78 is 11.6. The molecule has 32 heavy (non-hydrogen) atoms. The lowest BCUT2D eigenvalue weighted by molar-refractivity contribution is 0.0905. The Labute approximate surface area is 188 Å². The van der Waals surface area contributed by atoms with Gasteiger partial charge in [0.25, 0.3) is 0 Å². The summed E-state index contributed by atoms with van der Waals surface area (Å²) in [5.41, 5.74) is 3.25. The van der Waals surface area contributed by atoms with Gasteiger partial charge in [0.1, 0.15) is 6.61 Å². The fourth-order valence-electron chi connectivity index (χ4n) is 3.69. The van der Waals surface area contributed by atoms with Gasteiger partial charge < -0.3 is 19.7 Å². The molecule has 168 valence electrons. The zero-order valence-corrected chi connectivity index (χ0v) is 18.4. The van der Waals surface area contributed by atoms with Crippen molar-refractivity contribution in [1.29, 1.82) is 0 Å². The van der Waals surface area contributed by atoms with Gasteiger partial charge in [-0.2, -0.15) is 5.10 Å². The van der Waals surface area contributed by atoms with Crippen molar-refractivity contribution in [3.63, 3.8) is 0 Å². The lowest BCUT2D eigenvalue weighted by atomic mass is 10.1. The molecular formula is C25H30N4O3. The van der Waals surface area contributed by atoms with E-state index in [4.69, 9.17) is 9.47 Å². The van der Waals surface area contributed by atoms with E-state index in [0.29, 0.717) is 13.2 Å². The number of unbranched alkanes of at least 4 members (excludes halogenated alkanes) is 2. The molecule has 0 radical (unpaired) electrons. The third kappa shape index (κ3) is 5.81. The Morgan fingerprint density at radius 1 is 1.09 bits per heavy atom. The van der Waals surface area contributed by atoms with Crippen LogP contribution < -0.4 is 14.8 Å². The summed E-state index contributed by atoms with van der Waals surface area (Å²) in [7, 11) is 1.82. The fourth-order valence-corrected chi connectivity index (χ4v) is 3.69. The second kappa shape index (κ2) is 10.7. The molecule has 0 fully saturated rings. The minimum Gasteiger partial charge on any atom is -0.486 e. The second-order valence-corrected chi connectivity index (χ2v) is 8.06. The molecule has 1 aromatic heterocycles. The van der Waals surface area contributed by atoms with E-state index in [2.05, 4.69) is 33.7 Å². The Morgan fingerprint density at radius 2 is 1.88 bits per heavy atom. The van der Waals surface area contributed by atoms with Crippen LogP contribution >= 0.6 is 0 Å². The maximum absolute atomic E-state index is 12.4. The van der Waals surface area contributed by atoms with E-state index in [0.717, 1.165) is 60.7 Å². The predicted octanol–water partition coefficient (Wildman–Crippen LogP) is 4.27. The van der Waals surface area contributed by atoms with E-state index in [1.54, 1.807) is 4.90 Å². The number of hydrogen-bond donors (Lipinski definition) is 2. The van der Waals surface area contributed by atoms with Crippen molar-refractivity contribution in [2.24, 2.45) is 0 Å². The molecule has 1 atom stereocenters. The van der Waals surface area contributed by atoms with Gasteiger partial charge in [-0.3, -0.25) is 5.10 Å². The number of hydrogen-bond acceptors (Lipinski definition) is 4. The van der Waals surface area contributed by atoms with E-state index in [1.165, 1.54) is 0 Å². The Kier molecular flexibility index (Phi) is 7.27. The minimum absolute atomic E-state index is 0.0893. The number of rotatable bonds is 9. The first-order valence-electron chi connectivity index (χ1n) is 11.2. The van der Waals surface area contributed by atoms with Gasteiger partial charge in [-0.15, -0.1) is 0 Å². The van der Waals surface area contributed by atoms with Gasteiger partial charge in [-0.25, -0.2) is 4.79 Å². The van der Waals surface area contributed by atoms with E-state index in [-0.39, 0.29) is 12.1 Å². The normalized spacial score (nSPS) is 14.7. The molecule has 0 saturated heterocycles. The Hall–Kier alpha value is -3.48. The zero-order valence-electron chi connectivity index (χ0n) is 18.4. The highest BCUT2D eigenvalue weighted by molar-refractivity contribution is 5.73. The fraction of sp³-hybridized carbons (Fsp3) is 0.360. The quantitative estimate of drug-likeness (QED) is 0.493. The van der Waals surface area contributed by atoms with Gasteiger partial charge in [0.05, 0.1) is 12.2 Å². The van der Waals surface area contributed by atoms with Crippen molar-refractivity contribution < 1.29 is 14.3 Å². The lowest BCUT2D eigenvalue weighted by Gasteiger charge is -2.27. The van der Waals surface area contributed by atoms with E-state index in [1.807, 2.05) is 49.5 Å². The molecule has 2 heterocycles. The van der Waals surface area contributed by atoms with E-state index < -0.39 is 0 Å². The summed E-state index contributed by atoms with van der Waals surface area (Å²) in [6.45, 7) is 1.57. The number of nitrogens with zero attached hydrogens (tertiary/aromatic N) is 2. The molecule has 2 aromatic carbocycles. The van der Waals surface area contributed by atoms with Crippen LogP contribution in [0.5, 0.6) is 11.5 Å². The number of benzene rings is 2. The molecule has 7 heteroatoms. The maximum Gasteiger partial charge on any atom is 0.317 e. The first-order chi connectivity index (χ1) is 15.7. The number of amides is 2. The number of aromatic amines is 1. The zero-order chi connectivity index (χ0) is 22.2. The van der Waals surface area contributed by atoms with Gasteiger partial charge in [-0.05, 0) is 37.5 Å². The SMILES string of the molecule is CN(CCCCCc1cc(-c2ccccc2)n[nH]1)C(=O)NC[C@H]1COc2ccccc2O1. The number of fused-ring (bicyclic) bond motifs is 1. The maximum atomic E-state index is 12.4. The summed E-state index contributed by atoms with van der Waals surface area (Å²) in [4.78, 5) is 14.1. The average Bonchev–Trinajstić information content (AvgIpc) is 3.31. The molecule has 0 aliphatic carbocycles. The summed E-state index contributed by atoms with van der Waals surface area (Å²) in [5, 5.41) is 10.5. The topological polar surface area (TPSA) is 79.5 Å². The highest BCUT2D eigenvalue weighted by Crippen LogP contribution is 2.30. The number of para-hydroxylation sites is 2. The van der Waals surface area contributed by atoms with Crippen LogP contribution in [0.4, 0.5) is 4.79 Å². The highest BCUT2D eigenvalue weighted by atomic mass is 16.6. The Balaban J connectivity index is 1.10. The first-order valence-corrected chi connectivity index (χ1v) is 11.2. The molecule has 3 aromatic rings. The van der Waals surface area contributed by atoms with Crippen LogP contribution in [0.1, 0.15) is 25.0 Å². The first kappa shape index (κ1) is 21.7. The van der Waals surface area contributed by atoms with Gasteiger partial charge in [0.2, 0.25) is 0 Å². The van der Waals surface area contributed by atoms with Crippen LogP contribution in [-0.2, 0) is 6.42 Å². The number of H-pyrrole nitrogens is 1. The largest absolute Gasteiger partial charge is 0.486 e. The van der Waals surface area contributed by atoms with E-state index >= 15 is 0 Å². The number of urea groups is 1. The van der Waals surface area contributed by atoms with E-state index in [9.17, 15) is 4.79 Å². The monoisotopic (exact) mass is 434 g/mol. The van der Waals surface area contributed by atoms with Crippen LogP contribution in [0.25, 0.3) is 11.3 Å². The number of aromatic nitrogens is 2. The van der Waals surface area contributed by atoms with Crippen molar-refractivity contribution in [3.8, 4) is 22.8 Å². The van der Waals surface area contributed by atoms with Gasteiger partial charge in [-0.1, -0.05) is 48.9 Å².